The van der Waals surface area contributed by atoms with Crippen LogP contribution in [-0.4, -0.2) is 30.3 Å². The van der Waals surface area contributed by atoms with Crippen LogP contribution >= 0.6 is 11.3 Å². The SMILES string of the molecule is O=C(c1cc2ccccc2s1)C1CCCN(CC2CC2)C1. The molecule has 0 N–H and O–H groups in total. The number of likely N-dealkylation sites (tertiary alicyclic amines) is 1. The van der Waals surface area contributed by atoms with E-state index in [-0.39, 0.29) is 5.92 Å². The van der Waals surface area contributed by atoms with Crippen LogP contribution in [0.1, 0.15) is 35.4 Å². The first-order valence-electron chi connectivity index (χ1n) is 8.05. The second-order valence-corrected chi connectivity index (χ2v) is 7.64. The lowest BCUT2D eigenvalue weighted by atomic mass is 9.92. The number of nitrogens with zero attached hydrogens (tertiary/aromatic N) is 1. The molecule has 2 heterocycles. The third-order valence-corrected chi connectivity index (χ3v) is 5.89. The zero-order valence-corrected chi connectivity index (χ0v) is 13.1. The van der Waals surface area contributed by atoms with Gasteiger partial charge < -0.3 is 4.90 Å². The van der Waals surface area contributed by atoms with E-state index in [0.29, 0.717) is 5.78 Å². The van der Waals surface area contributed by atoms with Crippen LogP contribution in [0, 0.1) is 11.8 Å². The molecular formula is C18H21NOS. The molecule has 1 aromatic carbocycles. The summed E-state index contributed by atoms with van der Waals surface area (Å²) in [6.45, 7) is 3.38. The van der Waals surface area contributed by atoms with Crippen LogP contribution in [0.2, 0.25) is 0 Å². The summed E-state index contributed by atoms with van der Waals surface area (Å²) in [6, 6.07) is 10.4. The van der Waals surface area contributed by atoms with Gasteiger partial charge in [0.05, 0.1) is 4.88 Å². The first-order valence-corrected chi connectivity index (χ1v) is 8.86. The van der Waals surface area contributed by atoms with Gasteiger partial charge in [-0.3, -0.25) is 4.79 Å². The molecular weight excluding hydrogens is 278 g/mol. The quantitative estimate of drug-likeness (QED) is 0.788. The van der Waals surface area contributed by atoms with Crippen LogP contribution in [0.4, 0.5) is 0 Å². The lowest BCUT2D eigenvalue weighted by Crippen LogP contribution is -2.39. The number of piperidine rings is 1. The number of thiophene rings is 1. The van der Waals surface area contributed by atoms with E-state index in [1.54, 1.807) is 11.3 Å². The highest BCUT2D eigenvalue weighted by atomic mass is 32.1. The van der Waals surface area contributed by atoms with Gasteiger partial charge in [-0.1, -0.05) is 18.2 Å². The normalized spacial score (nSPS) is 23.5. The molecule has 2 nitrogen and oxygen atoms in total. The maximum absolute atomic E-state index is 12.8. The monoisotopic (exact) mass is 299 g/mol. The molecule has 2 aliphatic rings. The van der Waals surface area contributed by atoms with Crippen molar-refractivity contribution in [2.45, 2.75) is 25.7 Å². The number of fused-ring (bicyclic) bond motifs is 1. The fraction of sp³-hybridized carbons (Fsp3) is 0.500. The van der Waals surface area contributed by atoms with Crippen LogP contribution in [0.5, 0.6) is 0 Å². The van der Waals surface area contributed by atoms with Crippen molar-refractivity contribution in [3.8, 4) is 0 Å². The lowest BCUT2D eigenvalue weighted by molar-refractivity contribution is 0.0819. The van der Waals surface area contributed by atoms with Gasteiger partial charge in [-0.05, 0) is 55.7 Å². The zero-order chi connectivity index (χ0) is 14.2. The molecule has 2 aromatic rings. The van der Waals surface area contributed by atoms with Crippen molar-refractivity contribution in [1.82, 2.24) is 4.90 Å². The molecule has 0 amide bonds. The van der Waals surface area contributed by atoms with Crippen LogP contribution < -0.4 is 0 Å². The van der Waals surface area contributed by atoms with Crippen molar-refractivity contribution < 1.29 is 4.79 Å². The highest BCUT2D eigenvalue weighted by Crippen LogP contribution is 2.33. The molecule has 1 saturated carbocycles. The summed E-state index contributed by atoms with van der Waals surface area (Å²) in [5.41, 5.74) is 0. The minimum atomic E-state index is 0.213. The molecule has 2 fully saturated rings. The average Bonchev–Trinajstić information content (AvgIpc) is 3.21. The number of carbonyl (C=O) groups excluding carboxylic acids is 1. The van der Waals surface area contributed by atoms with Gasteiger partial charge in [0.15, 0.2) is 5.78 Å². The second-order valence-electron chi connectivity index (χ2n) is 6.55. The van der Waals surface area contributed by atoms with Gasteiger partial charge in [-0.2, -0.15) is 0 Å². The van der Waals surface area contributed by atoms with Gasteiger partial charge in [0.1, 0.15) is 0 Å². The van der Waals surface area contributed by atoms with E-state index in [1.165, 1.54) is 42.4 Å². The van der Waals surface area contributed by atoms with Crippen LogP contribution in [0.15, 0.2) is 30.3 Å². The maximum Gasteiger partial charge on any atom is 0.177 e. The Hall–Kier alpha value is -1.19. The van der Waals surface area contributed by atoms with Crippen molar-refractivity contribution in [2.75, 3.05) is 19.6 Å². The van der Waals surface area contributed by atoms with E-state index in [4.69, 9.17) is 0 Å². The molecule has 4 rings (SSSR count). The average molecular weight is 299 g/mol. The van der Waals surface area contributed by atoms with Crippen LogP contribution in [0.3, 0.4) is 0 Å². The third kappa shape index (κ3) is 2.90. The standard InChI is InChI=1S/C18H21NOS/c20-18(17-10-14-4-1-2-6-16(14)21-17)15-5-3-9-19(12-15)11-13-7-8-13/h1-2,4,6,10,13,15H,3,5,7-9,11-12H2. The Morgan fingerprint density at radius 1 is 1.24 bits per heavy atom. The molecule has 0 radical (unpaired) electrons. The Labute approximate surface area is 129 Å². The summed E-state index contributed by atoms with van der Waals surface area (Å²) in [4.78, 5) is 16.3. The first-order chi connectivity index (χ1) is 10.3. The van der Waals surface area contributed by atoms with Crippen molar-refractivity contribution in [1.29, 1.82) is 0 Å². The number of Topliss-reactive ketones (excluding diaryl/α,β-unsaturated/α-hetero) is 1. The predicted octanol–water partition coefficient (Wildman–Crippen LogP) is 4.21. The largest absolute Gasteiger partial charge is 0.302 e. The minimum absolute atomic E-state index is 0.213. The van der Waals surface area contributed by atoms with E-state index in [0.717, 1.165) is 23.8 Å². The van der Waals surface area contributed by atoms with Gasteiger partial charge in [-0.15, -0.1) is 11.3 Å². The van der Waals surface area contributed by atoms with Gasteiger partial charge in [0.25, 0.3) is 0 Å². The highest BCUT2D eigenvalue weighted by Gasteiger charge is 2.31. The summed E-state index contributed by atoms with van der Waals surface area (Å²) in [7, 11) is 0. The number of hydrogen-bond acceptors (Lipinski definition) is 3. The first kappa shape index (κ1) is 13.5. The van der Waals surface area contributed by atoms with Gasteiger partial charge in [0, 0.05) is 23.7 Å². The van der Waals surface area contributed by atoms with Gasteiger partial charge >= 0.3 is 0 Å². The van der Waals surface area contributed by atoms with E-state index in [2.05, 4.69) is 23.1 Å². The molecule has 1 aliphatic heterocycles. The smallest absolute Gasteiger partial charge is 0.177 e. The number of carbonyl (C=O) groups is 1. The Bertz CT molecular complexity index is 625. The van der Waals surface area contributed by atoms with Gasteiger partial charge in [0.2, 0.25) is 0 Å². The van der Waals surface area contributed by atoms with Crippen molar-refractivity contribution in [2.24, 2.45) is 11.8 Å². The number of ketones is 1. The lowest BCUT2D eigenvalue weighted by Gasteiger charge is -2.31. The highest BCUT2D eigenvalue weighted by molar-refractivity contribution is 7.20. The Balaban J connectivity index is 1.50. The van der Waals surface area contributed by atoms with E-state index >= 15 is 0 Å². The molecule has 0 spiro atoms. The summed E-state index contributed by atoms with van der Waals surface area (Å²) < 4.78 is 1.23. The molecule has 1 aliphatic carbocycles. The molecule has 1 aromatic heterocycles. The summed E-state index contributed by atoms with van der Waals surface area (Å²) >= 11 is 1.66. The summed E-state index contributed by atoms with van der Waals surface area (Å²) in [5.74, 6) is 1.51. The Kier molecular flexibility index (Phi) is 3.56. The predicted molar refractivity (Wildman–Crippen MR) is 88.0 cm³/mol. The zero-order valence-electron chi connectivity index (χ0n) is 12.3. The van der Waals surface area contributed by atoms with Gasteiger partial charge in [-0.25, -0.2) is 0 Å². The van der Waals surface area contributed by atoms with Crippen molar-refractivity contribution in [3.05, 3.63) is 35.2 Å². The van der Waals surface area contributed by atoms with Crippen LogP contribution in [0.25, 0.3) is 10.1 Å². The van der Waals surface area contributed by atoms with E-state index in [1.807, 2.05) is 12.1 Å². The fourth-order valence-electron chi connectivity index (χ4n) is 3.41. The summed E-state index contributed by atoms with van der Waals surface area (Å²) in [6.07, 6.45) is 5.03. The molecule has 21 heavy (non-hydrogen) atoms. The Morgan fingerprint density at radius 3 is 2.90 bits per heavy atom. The molecule has 1 atom stereocenters. The number of rotatable bonds is 4. The molecule has 110 valence electrons. The maximum atomic E-state index is 12.8. The van der Waals surface area contributed by atoms with Crippen molar-refractivity contribution >= 4 is 27.2 Å². The molecule has 1 saturated heterocycles. The summed E-state index contributed by atoms with van der Waals surface area (Å²) in [5, 5.41) is 1.21. The fourth-order valence-corrected chi connectivity index (χ4v) is 4.49. The Morgan fingerprint density at radius 2 is 2.10 bits per heavy atom. The van der Waals surface area contributed by atoms with E-state index < -0.39 is 0 Å². The topological polar surface area (TPSA) is 20.3 Å². The minimum Gasteiger partial charge on any atom is -0.302 e. The molecule has 1 unspecified atom stereocenters. The molecule has 0 bridgehead atoms. The second kappa shape index (κ2) is 5.54. The van der Waals surface area contributed by atoms with Crippen molar-refractivity contribution in [3.63, 3.8) is 0 Å². The van der Waals surface area contributed by atoms with E-state index in [9.17, 15) is 4.79 Å². The third-order valence-electron chi connectivity index (χ3n) is 4.76. The number of hydrogen-bond donors (Lipinski definition) is 0. The van der Waals surface area contributed by atoms with Crippen LogP contribution in [-0.2, 0) is 0 Å². The number of benzene rings is 1. The molecule has 3 heteroatoms.